The number of primary amides is 1. The number of nitrogens with two attached hydrogens (primary N) is 1. The SMILES string of the molecule is CCOC(=O)OC(=O)C(N)=O.Cl. The van der Waals surface area contributed by atoms with E-state index in [2.05, 4.69) is 15.2 Å². The van der Waals surface area contributed by atoms with Gasteiger partial charge in [0.15, 0.2) is 0 Å². The lowest BCUT2D eigenvalue weighted by Crippen LogP contribution is -2.28. The molecule has 0 rings (SSSR count). The van der Waals surface area contributed by atoms with Gasteiger partial charge in [-0.3, -0.25) is 4.79 Å². The number of amides is 1. The Bertz CT molecular complexity index is 192. The highest BCUT2D eigenvalue weighted by atomic mass is 35.5. The third kappa shape index (κ3) is 5.48. The number of rotatable bonds is 1. The van der Waals surface area contributed by atoms with E-state index in [1.54, 1.807) is 0 Å². The lowest BCUT2D eigenvalue weighted by Gasteiger charge is -1.98. The van der Waals surface area contributed by atoms with Gasteiger partial charge in [0, 0.05) is 0 Å². The molecule has 6 nitrogen and oxygen atoms in total. The van der Waals surface area contributed by atoms with Crippen LogP contribution in [0, 0.1) is 0 Å². The van der Waals surface area contributed by atoms with E-state index in [-0.39, 0.29) is 19.0 Å². The highest BCUT2D eigenvalue weighted by molar-refractivity contribution is 6.33. The molecule has 0 aromatic heterocycles. The monoisotopic (exact) mass is 197 g/mol. The van der Waals surface area contributed by atoms with E-state index in [0.717, 1.165) is 0 Å². The van der Waals surface area contributed by atoms with Crippen LogP contribution in [0.15, 0.2) is 0 Å². The van der Waals surface area contributed by atoms with Crippen molar-refractivity contribution < 1.29 is 23.9 Å². The Kier molecular flexibility index (Phi) is 7.11. The summed E-state index contributed by atoms with van der Waals surface area (Å²) < 4.78 is 7.95. The van der Waals surface area contributed by atoms with Gasteiger partial charge in [-0.15, -0.1) is 12.4 Å². The van der Waals surface area contributed by atoms with Gasteiger partial charge in [0.1, 0.15) is 0 Å². The van der Waals surface area contributed by atoms with Gasteiger partial charge >= 0.3 is 18.0 Å². The summed E-state index contributed by atoms with van der Waals surface area (Å²) in [7, 11) is 0. The largest absolute Gasteiger partial charge is 0.516 e. The number of ether oxygens (including phenoxy) is 2. The lowest BCUT2D eigenvalue weighted by molar-refractivity contribution is -0.150. The normalized spacial score (nSPS) is 7.75. The van der Waals surface area contributed by atoms with Crippen molar-refractivity contribution in [3.8, 4) is 0 Å². The Morgan fingerprint density at radius 2 is 1.83 bits per heavy atom. The van der Waals surface area contributed by atoms with E-state index in [4.69, 9.17) is 0 Å². The van der Waals surface area contributed by atoms with Crippen LogP contribution in [-0.4, -0.2) is 24.6 Å². The lowest BCUT2D eigenvalue weighted by atomic mass is 10.7. The number of esters is 1. The molecule has 12 heavy (non-hydrogen) atoms. The van der Waals surface area contributed by atoms with Crippen LogP contribution >= 0.6 is 12.4 Å². The van der Waals surface area contributed by atoms with E-state index in [0.29, 0.717) is 0 Å². The number of hydrogen-bond donors (Lipinski definition) is 1. The minimum absolute atomic E-state index is 0. The standard InChI is InChI=1S/C5H7NO5.ClH/c1-2-10-5(9)11-4(8)3(6)7;/h2H2,1H3,(H2,6,7);1H. The third-order valence-electron chi connectivity index (χ3n) is 0.639. The molecule has 0 spiro atoms. The van der Waals surface area contributed by atoms with Crippen LogP contribution in [0.2, 0.25) is 0 Å². The molecule has 0 radical (unpaired) electrons. The van der Waals surface area contributed by atoms with Crippen molar-refractivity contribution in [2.24, 2.45) is 5.73 Å². The molecule has 0 aromatic carbocycles. The predicted octanol–water partition coefficient (Wildman–Crippen LogP) is -0.407. The summed E-state index contributed by atoms with van der Waals surface area (Å²) in [6, 6.07) is 0. The summed E-state index contributed by atoms with van der Waals surface area (Å²) in [6.45, 7) is 1.58. The topological polar surface area (TPSA) is 95.7 Å². The zero-order chi connectivity index (χ0) is 8.85. The maximum absolute atomic E-state index is 10.3. The minimum Gasteiger partial charge on any atom is -0.434 e. The maximum Gasteiger partial charge on any atom is 0.516 e. The number of hydrogen-bond acceptors (Lipinski definition) is 5. The first-order chi connectivity index (χ1) is 5.07. The Labute approximate surface area is 74.4 Å². The van der Waals surface area contributed by atoms with Gasteiger partial charge in [-0.2, -0.15) is 0 Å². The zero-order valence-corrected chi connectivity index (χ0v) is 7.05. The first-order valence-electron chi connectivity index (χ1n) is 2.76. The van der Waals surface area contributed by atoms with Crippen molar-refractivity contribution in [3.63, 3.8) is 0 Å². The molecule has 0 fully saturated rings. The molecule has 2 N–H and O–H groups in total. The fourth-order valence-corrected chi connectivity index (χ4v) is 0.273. The Balaban J connectivity index is 0. The van der Waals surface area contributed by atoms with Crippen LogP contribution in [-0.2, 0) is 19.1 Å². The van der Waals surface area contributed by atoms with Crippen molar-refractivity contribution in [1.29, 1.82) is 0 Å². The summed E-state index contributed by atoms with van der Waals surface area (Å²) in [5.41, 5.74) is 4.46. The molecule has 0 atom stereocenters. The van der Waals surface area contributed by atoms with Crippen LogP contribution < -0.4 is 5.73 Å². The van der Waals surface area contributed by atoms with Gasteiger partial charge in [-0.25, -0.2) is 9.59 Å². The summed E-state index contributed by atoms with van der Waals surface area (Å²) >= 11 is 0. The van der Waals surface area contributed by atoms with E-state index >= 15 is 0 Å². The molecule has 0 saturated heterocycles. The smallest absolute Gasteiger partial charge is 0.434 e. The van der Waals surface area contributed by atoms with Crippen molar-refractivity contribution in [2.75, 3.05) is 6.61 Å². The molecule has 7 heteroatoms. The van der Waals surface area contributed by atoms with Crippen molar-refractivity contribution in [3.05, 3.63) is 0 Å². The maximum atomic E-state index is 10.3. The molecule has 1 amide bonds. The molecule has 0 bridgehead atoms. The van der Waals surface area contributed by atoms with Gasteiger partial charge in [0.05, 0.1) is 6.61 Å². The van der Waals surface area contributed by atoms with Crippen molar-refractivity contribution >= 4 is 30.4 Å². The van der Waals surface area contributed by atoms with Gasteiger partial charge in [0.25, 0.3) is 0 Å². The molecule has 0 aromatic rings. The molecular weight excluding hydrogens is 190 g/mol. The fourth-order valence-electron chi connectivity index (χ4n) is 0.273. The summed E-state index contributed by atoms with van der Waals surface area (Å²) in [6.07, 6.45) is -1.23. The fraction of sp³-hybridized carbons (Fsp3) is 0.400. The molecule has 0 heterocycles. The summed E-state index contributed by atoms with van der Waals surface area (Å²) in [4.78, 5) is 30.5. The minimum atomic E-state index is -1.43. The van der Waals surface area contributed by atoms with E-state index in [1.807, 2.05) is 0 Å². The van der Waals surface area contributed by atoms with Gasteiger partial charge in [-0.05, 0) is 6.92 Å². The Hall–Kier alpha value is -1.30. The molecular formula is C5H8ClNO5. The van der Waals surface area contributed by atoms with Crippen LogP contribution in [0.5, 0.6) is 0 Å². The molecule has 0 aliphatic carbocycles. The van der Waals surface area contributed by atoms with E-state index in [9.17, 15) is 14.4 Å². The zero-order valence-electron chi connectivity index (χ0n) is 6.23. The number of halogens is 1. The molecule has 0 saturated carbocycles. The van der Waals surface area contributed by atoms with Crippen LogP contribution in [0.4, 0.5) is 4.79 Å². The average Bonchev–Trinajstić information content (AvgIpc) is 1.87. The van der Waals surface area contributed by atoms with E-state index in [1.165, 1.54) is 6.92 Å². The second kappa shape index (κ2) is 6.41. The number of carbonyl (C=O) groups excluding carboxylic acids is 3. The van der Waals surface area contributed by atoms with Crippen LogP contribution in [0.3, 0.4) is 0 Å². The average molecular weight is 198 g/mol. The molecule has 70 valence electrons. The predicted molar refractivity (Wildman–Crippen MR) is 39.6 cm³/mol. The van der Waals surface area contributed by atoms with Crippen LogP contribution in [0.25, 0.3) is 0 Å². The van der Waals surface area contributed by atoms with Crippen LogP contribution in [0.1, 0.15) is 6.92 Å². The molecule has 0 aliphatic heterocycles. The van der Waals surface area contributed by atoms with Gasteiger partial charge in [-0.1, -0.05) is 0 Å². The molecule has 0 unspecified atom stereocenters. The van der Waals surface area contributed by atoms with Gasteiger partial charge < -0.3 is 15.2 Å². The highest BCUT2D eigenvalue weighted by Crippen LogP contribution is 1.84. The quantitative estimate of drug-likeness (QED) is 0.350. The first kappa shape index (κ1) is 13.3. The second-order valence-electron chi connectivity index (χ2n) is 1.44. The number of carbonyl (C=O) groups is 3. The van der Waals surface area contributed by atoms with Crippen molar-refractivity contribution in [2.45, 2.75) is 6.92 Å². The Morgan fingerprint density at radius 3 is 2.17 bits per heavy atom. The second-order valence-corrected chi connectivity index (χ2v) is 1.44. The summed E-state index contributed by atoms with van der Waals surface area (Å²) in [5, 5.41) is 0. The first-order valence-corrected chi connectivity index (χ1v) is 2.76. The molecule has 0 aliphatic rings. The Morgan fingerprint density at radius 1 is 1.33 bits per heavy atom. The third-order valence-corrected chi connectivity index (χ3v) is 0.639. The van der Waals surface area contributed by atoms with Gasteiger partial charge in [0.2, 0.25) is 0 Å². The van der Waals surface area contributed by atoms with Crippen molar-refractivity contribution in [1.82, 2.24) is 0 Å². The summed E-state index contributed by atoms with van der Waals surface area (Å²) in [5.74, 6) is -2.76. The van der Waals surface area contributed by atoms with E-state index < -0.39 is 18.0 Å². The highest BCUT2D eigenvalue weighted by Gasteiger charge is 2.15.